The Kier molecular flexibility index (Phi) is 9.19. The first kappa shape index (κ1) is 29.4. The minimum atomic E-state index is -0.863. The average Bonchev–Trinajstić information content (AvgIpc) is 3.27. The van der Waals surface area contributed by atoms with Gasteiger partial charge in [0.1, 0.15) is 18.2 Å². The van der Waals surface area contributed by atoms with Gasteiger partial charge in [0.2, 0.25) is 0 Å². The van der Waals surface area contributed by atoms with Gasteiger partial charge in [-0.05, 0) is 93.6 Å². The number of thiazole rings is 1. The number of benzene rings is 3. The Hall–Kier alpha value is -3.10. The van der Waals surface area contributed by atoms with Gasteiger partial charge in [-0.2, -0.15) is 0 Å². The second-order valence-electron chi connectivity index (χ2n) is 8.90. The molecule has 0 aliphatic carbocycles. The maximum absolute atomic E-state index is 14.0. The van der Waals surface area contributed by atoms with Crippen molar-refractivity contribution in [3.8, 4) is 5.75 Å². The first-order valence-electron chi connectivity index (χ1n) is 12.6. The molecule has 10 heteroatoms. The Labute approximate surface area is 266 Å². The van der Waals surface area contributed by atoms with Crippen molar-refractivity contribution >= 4 is 74.3 Å². The SMILES string of the molecule is C=CCOc1c(I)cc(/C=c2\sc3n(c2=O)[C@H](c2ccc(F)cc2)C(C(=O)OCC)=C(c2ccccc2)N=3)cc1I. The third-order valence-corrected chi connectivity index (χ3v) is 8.81. The average molecular weight is 792 g/mol. The summed E-state index contributed by atoms with van der Waals surface area (Å²) in [6.07, 6.45) is 3.50. The first-order chi connectivity index (χ1) is 19.8. The Bertz CT molecular complexity index is 1820. The van der Waals surface area contributed by atoms with Gasteiger partial charge in [-0.25, -0.2) is 14.2 Å². The van der Waals surface area contributed by atoms with Crippen molar-refractivity contribution in [3.05, 3.63) is 134 Å². The summed E-state index contributed by atoms with van der Waals surface area (Å²) in [5.41, 5.74) is 2.42. The minimum absolute atomic E-state index is 0.148. The molecule has 1 aliphatic heterocycles. The molecule has 6 nitrogen and oxygen atoms in total. The lowest BCUT2D eigenvalue weighted by Gasteiger charge is -2.25. The van der Waals surface area contributed by atoms with E-state index in [1.807, 2.05) is 48.5 Å². The van der Waals surface area contributed by atoms with Crippen LogP contribution >= 0.6 is 56.5 Å². The molecule has 208 valence electrons. The predicted molar refractivity (Wildman–Crippen MR) is 175 cm³/mol. The molecule has 4 aromatic rings. The van der Waals surface area contributed by atoms with Crippen molar-refractivity contribution in [1.29, 1.82) is 0 Å². The largest absolute Gasteiger partial charge is 0.487 e. The van der Waals surface area contributed by atoms with E-state index in [2.05, 4.69) is 51.8 Å². The van der Waals surface area contributed by atoms with E-state index in [9.17, 15) is 14.0 Å². The van der Waals surface area contributed by atoms with Crippen LogP contribution in [0.5, 0.6) is 5.75 Å². The van der Waals surface area contributed by atoms with Gasteiger partial charge in [0.05, 0.1) is 35.6 Å². The molecule has 3 aromatic carbocycles. The number of hydrogen-bond acceptors (Lipinski definition) is 6. The van der Waals surface area contributed by atoms with Gasteiger partial charge in [-0.3, -0.25) is 9.36 Å². The number of fused-ring (bicyclic) bond motifs is 1. The van der Waals surface area contributed by atoms with Gasteiger partial charge in [-0.1, -0.05) is 66.5 Å². The Morgan fingerprint density at radius 2 is 1.80 bits per heavy atom. The molecular weight excluding hydrogens is 769 g/mol. The number of esters is 1. The lowest BCUT2D eigenvalue weighted by Crippen LogP contribution is -2.40. The second kappa shape index (κ2) is 12.8. The third-order valence-electron chi connectivity index (χ3n) is 6.22. The molecule has 0 saturated carbocycles. The fourth-order valence-electron chi connectivity index (χ4n) is 4.50. The smallest absolute Gasteiger partial charge is 0.338 e. The van der Waals surface area contributed by atoms with Crippen LogP contribution in [0.2, 0.25) is 0 Å². The molecule has 0 fully saturated rings. The van der Waals surface area contributed by atoms with E-state index in [0.29, 0.717) is 32.8 Å². The summed E-state index contributed by atoms with van der Waals surface area (Å²) in [5.74, 6) is -0.249. The van der Waals surface area contributed by atoms with E-state index >= 15 is 0 Å². The predicted octanol–water partition coefficient (Wildman–Crippen LogP) is 5.85. The van der Waals surface area contributed by atoms with Crippen LogP contribution in [0.3, 0.4) is 0 Å². The quantitative estimate of drug-likeness (QED) is 0.128. The molecule has 0 spiro atoms. The molecule has 1 aromatic heterocycles. The molecular formula is C31H23FI2N2O4S. The Morgan fingerprint density at radius 3 is 2.44 bits per heavy atom. The molecule has 0 amide bonds. The molecule has 0 unspecified atom stereocenters. The summed E-state index contributed by atoms with van der Waals surface area (Å²) in [5, 5.41) is 0. The zero-order chi connectivity index (χ0) is 29.1. The van der Waals surface area contributed by atoms with Crippen molar-refractivity contribution < 1.29 is 18.7 Å². The van der Waals surface area contributed by atoms with Crippen LogP contribution in [-0.4, -0.2) is 23.8 Å². The summed E-state index contributed by atoms with van der Waals surface area (Å²) in [6.45, 7) is 5.96. The molecule has 0 N–H and O–H groups in total. The maximum atomic E-state index is 14.0. The zero-order valence-electron chi connectivity index (χ0n) is 21.8. The Balaban J connectivity index is 1.76. The fourth-order valence-corrected chi connectivity index (χ4v) is 7.62. The lowest BCUT2D eigenvalue weighted by atomic mass is 9.93. The van der Waals surface area contributed by atoms with E-state index in [4.69, 9.17) is 14.5 Å². The highest BCUT2D eigenvalue weighted by molar-refractivity contribution is 14.1. The molecule has 1 aliphatic rings. The standard InChI is InChI=1S/C31H23FI2N2O4S/c1-3-14-40-28-22(33)15-18(16-23(28)34)17-24-29(37)36-27(20-10-12-21(32)13-11-20)25(30(38)39-4-2)26(35-31(36)41-24)19-8-6-5-7-9-19/h3,5-13,15-17,27H,1,4,14H2,2H3/b24-17-/t27-/m1/s1. The van der Waals surface area contributed by atoms with Gasteiger partial charge >= 0.3 is 5.97 Å². The first-order valence-corrected chi connectivity index (χ1v) is 15.6. The number of ether oxygens (including phenoxy) is 2. The van der Waals surface area contributed by atoms with Crippen LogP contribution < -0.4 is 19.6 Å². The molecule has 0 saturated heterocycles. The zero-order valence-corrected chi connectivity index (χ0v) is 26.9. The van der Waals surface area contributed by atoms with Gasteiger partial charge < -0.3 is 9.47 Å². The van der Waals surface area contributed by atoms with E-state index in [0.717, 1.165) is 18.5 Å². The van der Waals surface area contributed by atoms with Crippen molar-refractivity contribution in [2.75, 3.05) is 13.2 Å². The van der Waals surface area contributed by atoms with Crippen molar-refractivity contribution in [3.63, 3.8) is 0 Å². The van der Waals surface area contributed by atoms with Crippen LogP contribution in [0.15, 0.2) is 94.7 Å². The minimum Gasteiger partial charge on any atom is -0.487 e. The van der Waals surface area contributed by atoms with E-state index in [-0.39, 0.29) is 17.7 Å². The summed E-state index contributed by atoms with van der Waals surface area (Å²) < 4.78 is 28.9. The van der Waals surface area contributed by atoms with E-state index in [1.54, 1.807) is 25.1 Å². The molecule has 1 atom stereocenters. The van der Waals surface area contributed by atoms with Crippen LogP contribution in [0.1, 0.15) is 29.7 Å². The number of nitrogens with zero attached hydrogens (tertiary/aromatic N) is 2. The van der Waals surface area contributed by atoms with Gasteiger partial charge in [-0.15, -0.1) is 0 Å². The molecule has 5 rings (SSSR count). The Morgan fingerprint density at radius 1 is 1.12 bits per heavy atom. The summed E-state index contributed by atoms with van der Waals surface area (Å²) in [7, 11) is 0. The van der Waals surface area contributed by atoms with Gasteiger partial charge in [0, 0.05) is 5.56 Å². The molecule has 0 bridgehead atoms. The molecule has 0 radical (unpaired) electrons. The van der Waals surface area contributed by atoms with Crippen molar-refractivity contribution in [2.24, 2.45) is 4.99 Å². The van der Waals surface area contributed by atoms with E-state index < -0.39 is 17.8 Å². The van der Waals surface area contributed by atoms with Crippen LogP contribution in [0.25, 0.3) is 11.8 Å². The van der Waals surface area contributed by atoms with E-state index in [1.165, 1.54) is 28.0 Å². The number of rotatable bonds is 8. The van der Waals surface area contributed by atoms with Crippen molar-refractivity contribution in [1.82, 2.24) is 4.57 Å². The van der Waals surface area contributed by atoms with Crippen LogP contribution in [-0.2, 0) is 9.53 Å². The number of carbonyl (C=O) groups is 1. The monoisotopic (exact) mass is 792 g/mol. The molecule has 2 heterocycles. The fraction of sp³-hybridized carbons (Fsp3) is 0.129. The normalized spacial score (nSPS) is 14.8. The maximum Gasteiger partial charge on any atom is 0.338 e. The van der Waals surface area contributed by atoms with Crippen LogP contribution in [0.4, 0.5) is 4.39 Å². The molecule has 41 heavy (non-hydrogen) atoms. The third kappa shape index (κ3) is 6.09. The number of aromatic nitrogens is 1. The second-order valence-corrected chi connectivity index (χ2v) is 12.2. The van der Waals surface area contributed by atoms with Gasteiger partial charge in [0.15, 0.2) is 4.80 Å². The van der Waals surface area contributed by atoms with Crippen molar-refractivity contribution in [2.45, 2.75) is 13.0 Å². The number of hydrogen-bond donors (Lipinski definition) is 0. The lowest BCUT2D eigenvalue weighted by molar-refractivity contribution is -0.138. The summed E-state index contributed by atoms with van der Waals surface area (Å²) in [6, 6.07) is 18.1. The topological polar surface area (TPSA) is 69.9 Å². The summed E-state index contributed by atoms with van der Waals surface area (Å²) >= 11 is 5.65. The highest BCUT2D eigenvalue weighted by Gasteiger charge is 2.35. The number of halogens is 3. The van der Waals surface area contributed by atoms with Gasteiger partial charge in [0.25, 0.3) is 5.56 Å². The highest BCUT2D eigenvalue weighted by Crippen LogP contribution is 2.35. The highest BCUT2D eigenvalue weighted by atomic mass is 127. The summed E-state index contributed by atoms with van der Waals surface area (Å²) in [4.78, 5) is 32.8. The van der Waals surface area contributed by atoms with Crippen LogP contribution in [0, 0.1) is 13.0 Å². The number of carbonyl (C=O) groups excluding carboxylic acids is 1.